The molecule has 0 aromatic heterocycles. The van der Waals surface area contributed by atoms with Crippen LogP contribution in [0.1, 0.15) is 24.2 Å². The molecule has 2 amide bonds. The molecule has 0 spiro atoms. The van der Waals surface area contributed by atoms with Crippen molar-refractivity contribution in [1.29, 1.82) is 0 Å². The molecule has 6 heteroatoms. The van der Waals surface area contributed by atoms with Crippen LogP contribution in [0, 0.1) is 11.7 Å². The van der Waals surface area contributed by atoms with Gasteiger partial charge in [0.1, 0.15) is 17.6 Å². The van der Waals surface area contributed by atoms with Crippen molar-refractivity contribution < 1.29 is 18.7 Å². The normalized spacial score (nSPS) is 11.7. The average molecular weight is 344 g/mol. The molecule has 25 heavy (non-hydrogen) atoms. The van der Waals surface area contributed by atoms with Gasteiger partial charge in [0.25, 0.3) is 5.91 Å². The number of nitrogens with one attached hydrogen (secondary N) is 2. The van der Waals surface area contributed by atoms with Crippen LogP contribution >= 0.6 is 0 Å². The number of halogens is 1. The Labute approximate surface area is 146 Å². The topological polar surface area (TPSA) is 67.4 Å². The van der Waals surface area contributed by atoms with E-state index in [9.17, 15) is 14.0 Å². The van der Waals surface area contributed by atoms with Crippen molar-refractivity contribution >= 4 is 17.5 Å². The first kappa shape index (κ1) is 18.4. The van der Waals surface area contributed by atoms with Gasteiger partial charge >= 0.3 is 0 Å². The van der Waals surface area contributed by atoms with Crippen molar-refractivity contribution in [3.8, 4) is 5.75 Å². The van der Waals surface area contributed by atoms with Crippen LogP contribution in [0.15, 0.2) is 48.5 Å². The first-order chi connectivity index (χ1) is 11.9. The summed E-state index contributed by atoms with van der Waals surface area (Å²) < 4.78 is 18.0. The summed E-state index contributed by atoms with van der Waals surface area (Å²) >= 11 is 0. The standard InChI is InChI=1S/C19H21FN2O3/c1-12(2)17(22-18(23)13-4-6-14(20)7-5-13)19(24)21-15-8-10-16(25-3)11-9-15/h4-12,17H,1-3H3,(H,21,24)(H,22,23)/t17-/m0/s1. The van der Waals surface area contributed by atoms with Gasteiger partial charge in [0.15, 0.2) is 0 Å². The Kier molecular flexibility index (Phi) is 6.11. The fourth-order valence-electron chi connectivity index (χ4n) is 2.26. The lowest BCUT2D eigenvalue weighted by molar-refractivity contribution is -0.118. The van der Waals surface area contributed by atoms with Gasteiger partial charge in [-0.05, 0) is 54.4 Å². The Hall–Kier alpha value is -2.89. The number of carbonyl (C=O) groups excluding carboxylic acids is 2. The van der Waals surface area contributed by atoms with E-state index in [1.807, 2.05) is 13.8 Å². The van der Waals surface area contributed by atoms with Crippen molar-refractivity contribution in [3.05, 3.63) is 59.9 Å². The van der Waals surface area contributed by atoms with Gasteiger partial charge in [-0.15, -0.1) is 0 Å². The van der Waals surface area contributed by atoms with Crippen molar-refractivity contribution in [1.82, 2.24) is 5.32 Å². The van der Waals surface area contributed by atoms with Crippen LogP contribution in [-0.4, -0.2) is 25.0 Å². The zero-order chi connectivity index (χ0) is 18.4. The Morgan fingerprint density at radius 3 is 2.12 bits per heavy atom. The van der Waals surface area contributed by atoms with E-state index in [1.165, 1.54) is 24.3 Å². The Morgan fingerprint density at radius 2 is 1.60 bits per heavy atom. The minimum Gasteiger partial charge on any atom is -0.497 e. The van der Waals surface area contributed by atoms with Gasteiger partial charge in [0.2, 0.25) is 5.91 Å². The summed E-state index contributed by atoms with van der Waals surface area (Å²) in [7, 11) is 1.56. The van der Waals surface area contributed by atoms with Gasteiger partial charge < -0.3 is 15.4 Å². The zero-order valence-electron chi connectivity index (χ0n) is 14.4. The minimum atomic E-state index is -0.723. The van der Waals surface area contributed by atoms with Crippen LogP contribution in [0.3, 0.4) is 0 Å². The molecular formula is C19H21FN2O3. The van der Waals surface area contributed by atoms with E-state index in [1.54, 1.807) is 31.4 Å². The predicted octanol–water partition coefficient (Wildman–Crippen LogP) is 3.23. The molecule has 0 fully saturated rings. The third-order valence-electron chi connectivity index (χ3n) is 3.70. The van der Waals surface area contributed by atoms with E-state index < -0.39 is 17.8 Å². The van der Waals surface area contributed by atoms with E-state index in [0.29, 0.717) is 17.0 Å². The summed E-state index contributed by atoms with van der Waals surface area (Å²) in [4.78, 5) is 24.8. The third-order valence-corrected chi connectivity index (χ3v) is 3.70. The van der Waals surface area contributed by atoms with Crippen molar-refractivity contribution in [2.24, 2.45) is 5.92 Å². The average Bonchev–Trinajstić information content (AvgIpc) is 2.60. The molecule has 2 rings (SSSR count). The molecule has 0 unspecified atom stereocenters. The maximum Gasteiger partial charge on any atom is 0.251 e. The number of carbonyl (C=O) groups is 2. The summed E-state index contributed by atoms with van der Waals surface area (Å²) in [5.74, 6) is -0.612. The Bertz CT molecular complexity index is 727. The van der Waals surface area contributed by atoms with E-state index in [0.717, 1.165) is 0 Å². The molecule has 0 saturated carbocycles. The van der Waals surface area contributed by atoms with E-state index in [4.69, 9.17) is 4.74 Å². The number of benzene rings is 2. The molecule has 2 N–H and O–H groups in total. The molecule has 0 aliphatic rings. The highest BCUT2D eigenvalue weighted by atomic mass is 19.1. The number of amides is 2. The van der Waals surface area contributed by atoms with Gasteiger partial charge in [0.05, 0.1) is 7.11 Å². The zero-order valence-corrected chi connectivity index (χ0v) is 14.4. The largest absolute Gasteiger partial charge is 0.497 e. The van der Waals surface area contributed by atoms with Crippen molar-refractivity contribution in [3.63, 3.8) is 0 Å². The summed E-state index contributed by atoms with van der Waals surface area (Å²) in [6, 6.07) is 11.3. The summed E-state index contributed by atoms with van der Waals surface area (Å²) in [6.07, 6.45) is 0. The number of hydrogen-bond acceptors (Lipinski definition) is 3. The Morgan fingerprint density at radius 1 is 1.00 bits per heavy atom. The molecule has 5 nitrogen and oxygen atoms in total. The molecule has 0 radical (unpaired) electrons. The smallest absolute Gasteiger partial charge is 0.251 e. The molecular weight excluding hydrogens is 323 g/mol. The van der Waals surface area contributed by atoms with Gasteiger partial charge in [-0.3, -0.25) is 9.59 Å². The SMILES string of the molecule is COc1ccc(NC(=O)[C@@H](NC(=O)c2ccc(F)cc2)C(C)C)cc1. The molecule has 0 saturated heterocycles. The number of anilines is 1. The maximum absolute atomic E-state index is 13.0. The van der Waals surface area contributed by atoms with E-state index in [2.05, 4.69) is 10.6 Å². The van der Waals surface area contributed by atoms with Crippen LogP contribution < -0.4 is 15.4 Å². The van der Waals surface area contributed by atoms with Crippen LogP contribution in [-0.2, 0) is 4.79 Å². The Balaban J connectivity index is 2.06. The number of hydrogen-bond donors (Lipinski definition) is 2. The second-order valence-electron chi connectivity index (χ2n) is 5.92. The highest BCUT2D eigenvalue weighted by molar-refractivity contribution is 6.01. The maximum atomic E-state index is 13.0. The van der Waals surface area contributed by atoms with Crippen molar-refractivity contribution in [2.45, 2.75) is 19.9 Å². The van der Waals surface area contributed by atoms with Gasteiger partial charge in [-0.1, -0.05) is 13.8 Å². The van der Waals surface area contributed by atoms with Crippen LogP contribution in [0.2, 0.25) is 0 Å². The van der Waals surface area contributed by atoms with Gasteiger partial charge in [-0.2, -0.15) is 0 Å². The van der Waals surface area contributed by atoms with Gasteiger partial charge in [0, 0.05) is 11.3 Å². The molecule has 2 aromatic carbocycles. The lowest BCUT2D eigenvalue weighted by Gasteiger charge is -2.22. The highest BCUT2D eigenvalue weighted by Crippen LogP contribution is 2.16. The fraction of sp³-hybridized carbons (Fsp3) is 0.263. The lowest BCUT2D eigenvalue weighted by Crippen LogP contribution is -2.47. The minimum absolute atomic E-state index is 0.123. The van der Waals surface area contributed by atoms with Crippen molar-refractivity contribution in [2.75, 3.05) is 12.4 Å². The monoisotopic (exact) mass is 344 g/mol. The van der Waals surface area contributed by atoms with Crippen LogP contribution in [0.5, 0.6) is 5.75 Å². The quantitative estimate of drug-likeness (QED) is 0.845. The van der Waals surface area contributed by atoms with Crippen LogP contribution in [0.25, 0.3) is 0 Å². The van der Waals surface area contributed by atoms with E-state index in [-0.39, 0.29) is 11.8 Å². The molecule has 1 atom stereocenters. The molecule has 0 bridgehead atoms. The number of methoxy groups -OCH3 is 1. The second kappa shape index (κ2) is 8.28. The fourth-order valence-corrected chi connectivity index (χ4v) is 2.26. The molecule has 0 heterocycles. The first-order valence-corrected chi connectivity index (χ1v) is 7.92. The summed E-state index contributed by atoms with van der Waals surface area (Å²) in [6.45, 7) is 3.67. The number of ether oxygens (including phenoxy) is 1. The van der Waals surface area contributed by atoms with E-state index >= 15 is 0 Å². The summed E-state index contributed by atoms with van der Waals surface area (Å²) in [5.41, 5.74) is 0.900. The molecule has 132 valence electrons. The predicted molar refractivity (Wildman–Crippen MR) is 94.1 cm³/mol. The lowest BCUT2D eigenvalue weighted by atomic mass is 10.0. The molecule has 0 aliphatic carbocycles. The van der Waals surface area contributed by atoms with Crippen LogP contribution in [0.4, 0.5) is 10.1 Å². The molecule has 0 aliphatic heterocycles. The third kappa shape index (κ3) is 5.04. The summed E-state index contributed by atoms with van der Waals surface area (Å²) in [5, 5.41) is 5.47. The highest BCUT2D eigenvalue weighted by Gasteiger charge is 2.24. The first-order valence-electron chi connectivity index (χ1n) is 7.92. The molecule has 2 aromatic rings. The van der Waals surface area contributed by atoms with Gasteiger partial charge in [-0.25, -0.2) is 4.39 Å². The second-order valence-corrected chi connectivity index (χ2v) is 5.92. The number of rotatable bonds is 6.